The number of carbonyl (C=O) groups excluding carboxylic acids is 10. The highest BCUT2D eigenvalue weighted by molar-refractivity contribution is 5.91. The van der Waals surface area contributed by atoms with Crippen LogP contribution in [0.2, 0.25) is 0 Å². The van der Waals surface area contributed by atoms with Crippen molar-refractivity contribution < 1.29 is 164 Å². The van der Waals surface area contributed by atoms with E-state index in [1.807, 2.05) is 20.8 Å². The SMILES string of the molecule is C.C.C.C.C.C.C.C=CCOC[C@H]1CCCN1.C=CCOC[C@H]1CCCN1C(=O)[C@H](O)[C@@H](O)C(=O)OC.C=CCOC[C@H]1CCCN1C(=O)[C@H](OCC=C)[C@@H](O)C(=O)OC.CC(C)(C)OC(=O)N1CCC[C@@H]1CO.COC(=O)[C@@H]1OC(C)(C)O[C@H]1C(=O)O.COC(=O)[C@H](O)[C@H]1OC/C=C\COC[C@H]2CCCN2C1=O.COC(=O)[C@H](O)[C@H]1OCCCCOC[C@H]2CCCN2C1=O. The van der Waals surface area contributed by atoms with Crippen molar-refractivity contribution >= 4 is 65.5 Å². The summed E-state index contributed by atoms with van der Waals surface area (Å²) in [5.74, 6) is -8.64. The summed E-state index contributed by atoms with van der Waals surface area (Å²) >= 11 is 0. The van der Waals surface area contributed by atoms with Crippen molar-refractivity contribution in [2.75, 3.05) is 167 Å². The molecule has 40 nitrogen and oxygen atoms in total. The van der Waals surface area contributed by atoms with Gasteiger partial charge in [0.05, 0.1) is 145 Å². The molecule has 0 aliphatic carbocycles. The van der Waals surface area contributed by atoms with Gasteiger partial charge >= 0.3 is 41.9 Å². The lowest BCUT2D eigenvalue weighted by atomic mass is 10.1. The third-order valence-electron chi connectivity index (χ3n) is 20.1. The molecule has 0 spiro atoms. The Hall–Kier alpha value is -8.01. The maximum absolute atomic E-state index is 12.7. The molecule has 0 aromatic heterocycles. The Morgan fingerprint density at radius 1 is 0.508 bits per heavy atom. The highest BCUT2D eigenvalue weighted by Gasteiger charge is 2.51. The van der Waals surface area contributed by atoms with Gasteiger partial charge in [0, 0.05) is 52.0 Å². The molecule has 9 aliphatic rings. The summed E-state index contributed by atoms with van der Waals surface area (Å²) in [5, 5.41) is 70.4. The number of aliphatic hydroxyl groups is 6. The van der Waals surface area contributed by atoms with E-state index in [0.29, 0.717) is 111 Å². The minimum atomic E-state index is -1.87. The van der Waals surface area contributed by atoms with Gasteiger partial charge < -0.3 is 141 Å². The number of amides is 5. The van der Waals surface area contributed by atoms with Crippen molar-refractivity contribution in [1.29, 1.82) is 0 Å². The Morgan fingerprint density at radius 2 is 0.946 bits per heavy atom. The highest BCUT2D eigenvalue weighted by atomic mass is 16.8. The largest absolute Gasteiger partial charge is 0.479 e. The maximum atomic E-state index is 12.7. The van der Waals surface area contributed by atoms with Gasteiger partial charge in [-0.15, -0.1) is 26.3 Å². The Morgan fingerprint density at radius 3 is 1.41 bits per heavy atom. The van der Waals surface area contributed by atoms with E-state index in [2.05, 4.69) is 55.3 Å². The number of nitrogens with zero attached hydrogens (tertiary/aromatic N) is 5. The van der Waals surface area contributed by atoms with E-state index >= 15 is 0 Å². The number of ether oxygens (including phenoxy) is 16. The molecule has 758 valence electrons. The molecule has 8 N–H and O–H groups in total. The molecule has 8 saturated heterocycles. The van der Waals surface area contributed by atoms with Gasteiger partial charge in [-0.25, -0.2) is 33.6 Å². The Labute approximate surface area is 771 Å². The van der Waals surface area contributed by atoms with Gasteiger partial charge in [-0.1, -0.05) is 88.4 Å². The molecule has 0 aromatic rings. The van der Waals surface area contributed by atoms with Crippen molar-refractivity contribution in [3.63, 3.8) is 0 Å². The summed E-state index contributed by atoms with van der Waals surface area (Å²) in [6.45, 7) is 32.3. The first-order valence-electron chi connectivity index (χ1n) is 41.4. The normalized spacial score (nSPS) is 24.0. The second-order valence-corrected chi connectivity index (χ2v) is 30.8. The van der Waals surface area contributed by atoms with Crippen LogP contribution in [0.15, 0.2) is 62.8 Å². The predicted molar refractivity (Wildman–Crippen MR) is 484 cm³/mol. The molecule has 16 atom stereocenters. The number of carbonyl (C=O) groups is 11. The molecule has 0 unspecified atom stereocenters. The van der Waals surface area contributed by atoms with Gasteiger partial charge in [0.25, 0.3) is 23.6 Å². The number of carboxylic acid groups (broad SMARTS) is 1. The van der Waals surface area contributed by atoms with E-state index in [-0.39, 0.29) is 114 Å². The van der Waals surface area contributed by atoms with Crippen LogP contribution in [0.5, 0.6) is 0 Å². The maximum Gasteiger partial charge on any atom is 0.410 e. The van der Waals surface area contributed by atoms with Crippen LogP contribution in [0.3, 0.4) is 0 Å². The van der Waals surface area contributed by atoms with Crippen molar-refractivity contribution in [1.82, 2.24) is 29.8 Å². The van der Waals surface area contributed by atoms with E-state index in [9.17, 15) is 78.3 Å². The van der Waals surface area contributed by atoms with E-state index in [1.165, 1.54) is 44.8 Å². The number of hydrogen-bond acceptors (Lipinski definition) is 34. The molecule has 0 saturated carbocycles. The molecule has 40 heteroatoms. The topological polar surface area (TPSA) is 505 Å². The number of fused-ring (bicyclic) bond motifs is 2. The summed E-state index contributed by atoms with van der Waals surface area (Å²) in [4.78, 5) is 137. The van der Waals surface area contributed by atoms with Crippen molar-refractivity contribution in [3.05, 3.63) is 62.8 Å². The minimum absolute atomic E-state index is 0. The number of methoxy groups -OCH3 is 5. The first-order chi connectivity index (χ1) is 58.6. The van der Waals surface area contributed by atoms with Crippen molar-refractivity contribution in [2.45, 2.75) is 285 Å². The molecular formula is C90H164N6O34. The van der Waals surface area contributed by atoms with Crippen LogP contribution in [0.25, 0.3) is 0 Å². The number of rotatable bonds is 28. The standard InChI is InChI=1S/C16H25NO6.C14H23NO6.C14H21NO6.C13H21NO6.C10H19NO3.C8H15NO.C8H12O6.7CH4/c1-4-9-22-11-12-7-6-8-17(12)15(19)14(23-10-5-2)13(18)16(20)21-3;2*1-19-14(18)11(16)12-13(17)15-6-4-5-10(15)9-20-7-2-3-8-21-12;1-3-7-20-8-9-5-4-6-14(9)12(17)10(15)11(16)13(18)19-2;1-10(2,3)14-9(13)11-6-4-5-8(11)7-12;1-2-6-10-7-8-4-3-5-9-8;1-8(2)13-4(6(9)10)5(14-8)7(11)12-3;;;;;;;/h4-5,12-14,18H,1-2,6-11H2,3H3;10-12,16H,2-9H2,1H3;2-3,10-12,16H,4-9H2,1H3;3,9-11,15-16H,1,4-8H2,2H3;8,12H,4-7H2,1-3H3;2,8-9H,1,3-7H2;4-5H,1-3H3,(H,9,10);7*1H4/b;;3-2-;;;;;;;;;;;/t12-,13-,14-;2*10-,11-,12-;9-,10-,11-;2*8-;4-,5-;;;;;;;/m1111111......./s1. The second kappa shape index (κ2) is 70.7. The third-order valence-corrected chi connectivity index (χ3v) is 20.1. The number of aliphatic hydroxyl groups excluding tert-OH is 6. The lowest BCUT2D eigenvalue weighted by molar-refractivity contribution is -0.170. The summed E-state index contributed by atoms with van der Waals surface area (Å²) in [6, 6.07) is 0.223. The fourth-order valence-corrected chi connectivity index (χ4v) is 13.9. The van der Waals surface area contributed by atoms with Gasteiger partial charge in [0.1, 0.15) is 5.60 Å². The summed E-state index contributed by atoms with van der Waals surface area (Å²) < 4.78 is 80.8. The molecule has 9 heterocycles. The number of aliphatic carboxylic acids is 1. The number of carboxylic acids is 1. The third kappa shape index (κ3) is 44.7. The first kappa shape index (κ1) is 130. The molecule has 8 fully saturated rings. The number of esters is 5. The molecule has 0 aromatic carbocycles. The lowest BCUT2D eigenvalue weighted by Crippen LogP contribution is -2.51. The molecule has 9 rings (SSSR count). The van der Waals surface area contributed by atoms with E-state index < -0.39 is 126 Å². The van der Waals surface area contributed by atoms with Crippen LogP contribution in [-0.2, 0) is 124 Å². The average molecular weight is 1870 g/mol. The molecule has 0 radical (unpaired) electrons. The minimum Gasteiger partial charge on any atom is -0.479 e. The summed E-state index contributed by atoms with van der Waals surface area (Å²) in [6.07, 6.45) is 7.33. The average Bonchev–Trinajstić information content (AvgIpc) is 1.66. The Balaban J connectivity index is -0.000000469. The van der Waals surface area contributed by atoms with Crippen LogP contribution in [0.1, 0.15) is 176 Å². The van der Waals surface area contributed by atoms with Gasteiger partial charge in [0.15, 0.2) is 66.8 Å². The van der Waals surface area contributed by atoms with E-state index in [0.717, 1.165) is 112 Å². The van der Waals surface area contributed by atoms with Crippen molar-refractivity contribution in [3.8, 4) is 0 Å². The summed E-state index contributed by atoms with van der Waals surface area (Å²) in [7, 11) is 5.71. The van der Waals surface area contributed by atoms with Gasteiger partial charge in [-0.05, 0) is 131 Å². The van der Waals surface area contributed by atoms with Crippen LogP contribution in [0.4, 0.5) is 4.79 Å². The Kier molecular flexibility index (Phi) is 70.9. The zero-order valence-electron chi connectivity index (χ0n) is 73.0. The van der Waals surface area contributed by atoms with Gasteiger partial charge in [-0.2, -0.15) is 0 Å². The quantitative estimate of drug-likeness (QED) is 0.0219. The van der Waals surface area contributed by atoms with Crippen LogP contribution >= 0.6 is 0 Å². The molecule has 0 bridgehead atoms. The highest BCUT2D eigenvalue weighted by Crippen LogP contribution is 2.30. The van der Waals surface area contributed by atoms with Gasteiger partial charge in [0.2, 0.25) is 0 Å². The zero-order valence-corrected chi connectivity index (χ0v) is 73.0. The smallest absolute Gasteiger partial charge is 0.410 e. The second-order valence-electron chi connectivity index (χ2n) is 30.8. The van der Waals surface area contributed by atoms with E-state index in [4.69, 9.17) is 62.3 Å². The molecular weight excluding hydrogens is 1710 g/mol. The van der Waals surface area contributed by atoms with Crippen LogP contribution in [-0.4, -0.2) is 402 Å². The molecule has 5 amide bonds. The fourth-order valence-electron chi connectivity index (χ4n) is 13.9. The fraction of sp³-hybridized carbons (Fsp3) is 0.767. The number of likely N-dealkylation sites (tertiary alicyclic amines) is 3. The lowest BCUT2D eigenvalue weighted by Gasteiger charge is -2.29. The first-order valence-corrected chi connectivity index (χ1v) is 41.4. The Bertz CT molecular complexity index is 3290. The zero-order chi connectivity index (χ0) is 91.8. The summed E-state index contributed by atoms with van der Waals surface area (Å²) in [5.41, 5.74) is -0.459. The monoisotopic (exact) mass is 1870 g/mol. The predicted octanol–water partition coefficient (Wildman–Crippen LogP) is 5.09. The molecule has 130 heavy (non-hydrogen) atoms. The van der Waals surface area contributed by atoms with Crippen LogP contribution < -0.4 is 5.32 Å². The van der Waals surface area contributed by atoms with E-state index in [1.54, 1.807) is 50.0 Å². The number of hydrogen-bond donors (Lipinski definition) is 8. The van der Waals surface area contributed by atoms with Gasteiger partial charge in [-0.3, -0.25) is 19.2 Å². The van der Waals surface area contributed by atoms with Crippen LogP contribution in [0, 0.1) is 0 Å². The number of nitrogens with one attached hydrogen (secondary N) is 1. The molecule has 9 aliphatic heterocycles. The van der Waals surface area contributed by atoms with Crippen molar-refractivity contribution in [2.24, 2.45) is 0 Å².